The van der Waals surface area contributed by atoms with Gasteiger partial charge in [-0.05, 0) is 29.7 Å². The second-order valence-electron chi connectivity index (χ2n) is 5.61. The van der Waals surface area contributed by atoms with Crippen LogP contribution < -0.4 is 0 Å². The summed E-state index contributed by atoms with van der Waals surface area (Å²) in [4.78, 5) is 11.0. The molecule has 0 saturated heterocycles. The maximum Gasteiger partial charge on any atom is 0.323 e. The number of benzene rings is 2. The SMILES string of the molecule is O=C(O)Cn1ccc2ccc(-n3cc4cccc(Cl)c4c3O)cc21. The van der Waals surface area contributed by atoms with E-state index >= 15 is 0 Å². The summed E-state index contributed by atoms with van der Waals surface area (Å²) in [5.41, 5.74) is 1.52. The third-order valence-corrected chi connectivity index (χ3v) is 4.42. The Balaban J connectivity index is 1.92. The molecule has 24 heavy (non-hydrogen) atoms. The van der Waals surface area contributed by atoms with Crippen molar-refractivity contribution in [1.29, 1.82) is 0 Å². The molecule has 0 radical (unpaired) electrons. The molecule has 2 heterocycles. The van der Waals surface area contributed by atoms with E-state index in [0.29, 0.717) is 10.4 Å². The third kappa shape index (κ3) is 2.21. The van der Waals surface area contributed by atoms with Crippen LogP contribution in [0.2, 0.25) is 5.02 Å². The van der Waals surface area contributed by atoms with E-state index in [1.54, 1.807) is 21.4 Å². The number of rotatable bonds is 3. The lowest BCUT2D eigenvalue weighted by molar-refractivity contribution is -0.137. The Morgan fingerprint density at radius 1 is 1.12 bits per heavy atom. The highest BCUT2D eigenvalue weighted by Gasteiger charge is 2.13. The Kier molecular flexibility index (Phi) is 3.25. The van der Waals surface area contributed by atoms with Gasteiger partial charge in [0.2, 0.25) is 5.88 Å². The van der Waals surface area contributed by atoms with Crippen LogP contribution in [0.3, 0.4) is 0 Å². The Morgan fingerprint density at radius 3 is 2.71 bits per heavy atom. The largest absolute Gasteiger partial charge is 0.494 e. The molecule has 0 fully saturated rings. The van der Waals surface area contributed by atoms with Gasteiger partial charge in [-0.15, -0.1) is 0 Å². The number of carbonyl (C=O) groups is 1. The topological polar surface area (TPSA) is 67.4 Å². The van der Waals surface area contributed by atoms with Gasteiger partial charge in [-0.1, -0.05) is 29.8 Å². The van der Waals surface area contributed by atoms with Crippen molar-refractivity contribution in [3.63, 3.8) is 0 Å². The molecule has 4 aromatic rings. The molecular weight excluding hydrogens is 328 g/mol. The summed E-state index contributed by atoms with van der Waals surface area (Å²) in [7, 11) is 0. The van der Waals surface area contributed by atoms with E-state index in [9.17, 15) is 9.90 Å². The van der Waals surface area contributed by atoms with Crippen LogP contribution in [0, 0.1) is 0 Å². The van der Waals surface area contributed by atoms with Gasteiger partial charge in [0.05, 0.1) is 21.6 Å². The highest BCUT2D eigenvalue weighted by atomic mass is 35.5. The normalized spacial score (nSPS) is 11.4. The van der Waals surface area contributed by atoms with Gasteiger partial charge in [0.25, 0.3) is 0 Å². The number of fused-ring (bicyclic) bond motifs is 2. The van der Waals surface area contributed by atoms with E-state index in [-0.39, 0.29) is 12.4 Å². The number of aromatic nitrogens is 2. The predicted molar refractivity (Wildman–Crippen MR) is 93.1 cm³/mol. The Hall–Kier alpha value is -2.92. The molecule has 4 rings (SSSR count). The fraction of sp³-hybridized carbons (Fsp3) is 0.0556. The minimum atomic E-state index is -0.903. The van der Waals surface area contributed by atoms with Gasteiger partial charge in [-0.3, -0.25) is 9.36 Å². The third-order valence-electron chi connectivity index (χ3n) is 4.11. The summed E-state index contributed by atoms with van der Waals surface area (Å²) in [6, 6.07) is 12.9. The van der Waals surface area contributed by atoms with Gasteiger partial charge >= 0.3 is 5.97 Å². The lowest BCUT2D eigenvalue weighted by atomic mass is 10.2. The quantitative estimate of drug-likeness (QED) is 0.591. The highest BCUT2D eigenvalue weighted by Crippen LogP contribution is 2.35. The smallest absolute Gasteiger partial charge is 0.323 e. The molecule has 2 aromatic heterocycles. The van der Waals surface area contributed by atoms with Crippen LogP contribution in [0.25, 0.3) is 27.4 Å². The molecule has 0 bridgehead atoms. The number of hydrogen-bond donors (Lipinski definition) is 2. The van der Waals surface area contributed by atoms with Crippen molar-refractivity contribution >= 4 is 39.2 Å². The molecule has 6 heteroatoms. The number of aliphatic carboxylic acids is 1. The van der Waals surface area contributed by atoms with Crippen LogP contribution in [0.15, 0.2) is 54.9 Å². The van der Waals surface area contributed by atoms with E-state index in [1.165, 1.54) is 0 Å². The predicted octanol–water partition coefficient (Wildman–Crippen LogP) is 4.03. The molecule has 2 aromatic carbocycles. The summed E-state index contributed by atoms with van der Waals surface area (Å²) >= 11 is 6.18. The second-order valence-corrected chi connectivity index (χ2v) is 6.01. The zero-order chi connectivity index (χ0) is 16.8. The number of halogens is 1. The second kappa shape index (κ2) is 5.32. The van der Waals surface area contributed by atoms with Gasteiger partial charge < -0.3 is 14.8 Å². The Labute approximate surface area is 141 Å². The minimum Gasteiger partial charge on any atom is -0.494 e. The number of aromatic hydroxyl groups is 1. The molecule has 0 atom stereocenters. The van der Waals surface area contributed by atoms with Crippen LogP contribution in [-0.2, 0) is 11.3 Å². The molecule has 2 N–H and O–H groups in total. The average molecular weight is 341 g/mol. The average Bonchev–Trinajstić information content (AvgIpc) is 3.09. The number of hydrogen-bond acceptors (Lipinski definition) is 2. The number of nitrogens with zero attached hydrogens (tertiary/aromatic N) is 2. The standard InChI is InChI=1S/C18H13ClN2O3/c19-14-3-1-2-12-9-21(18(24)17(12)14)13-5-4-11-6-7-20(10-16(22)23)15(11)8-13/h1-9,24H,10H2,(H,22,23). The van der Waals surface area contributed by atoms with E-state index in [2.05, 4.69) is 0 Å². The van der Waals surface area contributed by atoms with E-state index in [1.807, 2.05) is 42.6 Å². The lowest BCUT2D eigenvalue weighted by Gasteiger charge is -2.07. The van der Waals surface area contributed by atoms with Crippen LogP contribution in [-0.4, -0.2) is 25.3 Å². The zero-order valence-electron chi connectivity index (χ0n) is 12.5. The van der Waals surface area contributed by atoms with Gasteiger partial charge in [-0.2, -0.15) is 0 Å². The number of carboxylic acids is 1. The molecule has 0 aliphatic rings. The molecule has 0 saturated carbocycles. The van der Waals surface area contributed by atoms with Crippen LogP contribution in [0.4, 0.5) is 0 Å². The summed E-state index contributed by atoms with van der Waals surface area (Å²) in [5.74, 6) is -0.842. The fourth-order valence-electron chi connectivity index (χ4n) is 3.01. The highest BCUT2D eigenvalue weighted by molar-refractivity contribution is 6.36. The zero-order valence-corrected chi connectivity index (χ0v) is 13.2. The monoisotopic (exact) mass is 340 g/mol. The first kappa shape index (κ1) is 14.7. The summed E-state index contributed by atoms with van der Waals surface area (Å²) in [6.07, 6.45) is 3.55. The maximum absolute atomic E-state index is 11.0. The minimum absolute atomic E-state index is 0.0614. The summed E-state index contributed by atoms with van der Waals surface area (Å²) < 4.78 is 3.31. The van der Waals surface area contributed by atoms with Crippen molar-refractivity contribution in [3.8, 4) is 11.6 Å². The van der Waals surface area contributed by atoms with Gasteiger partial charge in [0.15, 0.2) is 0 Å². The van der Waals surface area contributed by atoms with Crippen molar-refractivity contribution in [3.05, 3.63) is 59.9 Å². The Bertz CT molecular complexity index is 1090. The molecule has 0 spiro atoms. The van der Waals surface area contributed by atoms with Gasteiger partial charge in [-0.25, -0.2) is 0 Å². The van der Waals surface area contributed by atoms with Crippen LogP contribution in [0.1, 0.15) is 0 Å². The molecule has 5 nitrogen and oxygen atoms in total. The molecule has 0 aliphatic carbocycles. The first-order valence-corrected chi connectivity index (χ1v) is 7.72. The van der Waals surface area contributed by atoms with Crippen molar-refractivity contribution in [1.82, 2.24) is 9.13 Å². The van der Waals surface area contributed by atoms with Crippen molar-refractivity contribution in [2.24, 2.45) is 0 Å². The maximum atomic E-state index is 11.0. The first-order valence-electron chi connectivity index (χ1n) is 7.34. The van der Waals surface area contributed by atoms with Gasteiger partial charge in [0.1, 0.15) is 6.54 Å². The van der Waals surface area contributed by atoms with Gasteiger partial charge in [0, 0.05) is 17.8 Å². The van der Waals surface area contributed by atoms with Crippen molar-refractivity contribution in [2.45, 2.75) is 6.54 Å². The van der Waals surface area contributed by atoms with Crippen molar-refractivity contribution in [2.75, 3.05) is 0 Å². The Morgan fingerprint density at radius 2 is 1.96 bits per heavy atom. The molecule has 0 unspecified atom stereocenters. The number of carboxylic acid groups (broad SMARTS) is 1. The lowest BCUT2D eigenvalue weighted by Crippen LogP contribution is -2.07. The summed E-state index contributed by atoms with van der Waals surface area (Å²) in [6.45, 7) is -0.113. The fourth-order valence-corrected chi connectivity index (χ4v) is 3.27. The molecule has 0 aliphatic heterocycles. The van der Waals surface area contributed by atoms with Crippen LogP contribution >= 0.6 is 11.6 Å². The molecular formula is C18H13ClN2O3. The molecule has 120 valence electrons. The van der Waals surface area contributed by atoms with Crippen LogP contribution in [0.5, 0.6) is 5.88 Å². The van der Waals surface area contributed by atoms with E-state index in [4.69, 9.17) is 16.7 Å². The molecule has 0 amide bonds. The summed E-state index contributed by atoms with van der Waals surface area (Å²) in [5, 5.41) is 22.4. The van der Waals surface area contributed by atoms with E-state index < -0.39 is 5.97 Å². The van der Waals surface area contributed by atoms with Crippen molar-refractivity contribution < 1.29 is 15.0 Å². The first-order chi connectivity index (χ1) is 11.5. The van der Waals surface area contributed by atoms with E-state index in [0.717, 1.165) is 22.0 Å².